The van der Waals surface area contributed by atoms with Crippen molar-refractivity contribution in [1.29, 1.82) is 0 Å². The zero-order valence-corrected chi connectivity index (χ0v) is 22.9. The molecule has 1 fully saturated rings. The summed E-state index contributed by atoms with van der Waals surface area (Å²) in [5.41, 5.74) is 2.67. The van der Waals surface area contributed by atoms with E-state index in [0.29, 0.717) is 32.6 Å². The zero-order valence-electron chi connectivity index (χ0n) is 21.3. The molecule has 0 aliphatic carbocycles. The predicted molar refractivity (Wildman–Crippen MR) is 142 cm³/mol. The van der Waals surface area contributed by atoms with Crippen LogP contribution in [0.4, 0.5) is 5.69 Å². The molecule has 0 radical (unpaired) electrons. The minimum Gasteiger partial charge on any atom is -0.369 e. The minimum atomic E-state index is -3.60. The van der Waals surface area contributed by atoms with Crippen LogP contribution in [0.15, 0.2) is 54.6 Å². The Balaban J connectivity index is 1.67. The Bertz CT molecular complexity index is 1160. The van der Waals surface area contributed by atoms with Crippen LogP contribution in [0.2, 0.25) is 0 Å². The Hall–Kier alpha value is -1.98. The summed E-state index contributed by atoms with van der Waals surface area (Å²) in [4.78, 5) is 2.15. The van der Waals surface area contributed by atoms with Gasteiger partial charge in [0.1, 0.15) is 5.25 Å². The van der Waals surface area contributed by atoms with Crippen molar-refractivity contribution in [2.24, 2.45) is 5.92 Å². The van der Waals surface area contributed by atoms with Crippen molar-refractivity contribution in [2.75, 3.05) is 45.2 Å². The smallest absolute Gasteiger partial charge is 0.281 e. The van der Waals surface area contributed by atoms with E-state index in [1.807, 2.05) is 75.4 Å². The molecule has 35 heavy (non-hydrogen) atoms. The summed E-state index contributed by atoms with van der Waals surface area (Å²) in [5, 5.41) is -0.611. The van der Waals surface area contributed by atoms with Crippen LogP contribution in [0.5, 0.6) is 0 Å². The van der Waals surface area contributed by atoms with Gasteiger partial charge in [0.05, 0.1) is 0 Å². The average molecular weight is 523 g/mol. The molecule has 1 saturated heterocycles. The van der Waals surface area contributed by atoms with Crippen LogP contribution < -0.4 is 9.62 Å². The van der Waals surface area contributed by atoms with Gasteiger partial charge in [0.15, 0.2) is 0 Å². The molecule has 0 saturated carbocycles. The fourth-order valence-electron chi connectivity index (χ4n) is 4.32. The lowest BCUT2D eigenvalue weighted by atomic mass is 10.0. The molecule has 0 spiro atoms. The summed E-state index contributed by atoms with van der Waals surface area (Å²) < 4.78 is 57.0. The van der Waals surface area contributed by atoms with Crippen molar-refractivity contribution in [2.45, 2.75) is 38.5 Å². The first-order chi connectivity index (χ1) is 16.4. The lowest BCUT2D eigenvalue weighted by Gasteiger charge is -2.36. The van der Waals surface area contributed by atoms with Crippen molar-refractivity contribution in [3.8, 4) is 0 Å². The fraction of sp³-hybridized carbons (Fsp3) is 0.520. The number of anilines is 1. The maximum absolute atomic E-state index is 13.3. The highest BCUT2D eigenvalue weighted by Gasteiger charge is 2.30. The molecule has 0 aromatic heterocycles. The van der Waals surface area contributed by atoms with Crippen LogP contribution in [0.3, 0.4) is 0 Å². The number of benzene rings is 2. The van der Waals surface area contributed by atoms with Crippen LogP contribution in [-0.4, -0.2) is 65.7 Å². The molecule has 1 aliphatic rings. The molecular formula is C25H38N4O4S2. The van der Waals surface area contributed by atoms with Crippen LogP contribution in [0, 0.1) is 5.92 Å². The van der Waals surface area contributed by atoms with Crippen LogP contribution in [0.1, 0.15) is 49.6 Å². The zero-order chi connectivity index (χ0) is 25.8. The molecule has 1 N–H and O–H groups in total. The highest BCUT2D eigenvalue weighted by Crippen LogP contribution is 2.30. The summed E-state index contributed by atoms with van der Waals surface area (Å²) in [6, 6.07) is 16.8. The molecule has 194 valence electrons. The van der Waals surface area contributed by atoms with Crippen LogP contribution in [0.25, 0.3) is 0 Å². The van der Waals surface area contributed by atoms with E-state index in [2.05, 4.69) is 9.62 Å². The topological polar surface area (TPSA) is 90.0 Å². The summed E-state index contributed by atoms with van der Waals surface area (Å²) in [6.07, 6.45) is 0.542. The third kappa shape index (κ3) is 6.83. The molecule has 10 heteroatoms. The normalized spacial score (nSPS) is 17.6. The van der Waals surface area contributed by atoms with Gasteiger partial charge in [-0.05, 0) is 42.5 Å². The number of sulfonamides is 1. The van der Waals surface area contributed by atoms with E-state index in [-0.39, 0.29) is 12.0 Å². The Kier molecular flexibility index (Phi) is 8.98. The number of hydrogen-bond acceptors (Lipinski definition) is 5. The number of nitrogens with one attached hydrogen (secondary N) is 1. The molecule has 2 atom stereocenters. The maximum Gasteiger partial charge on any atom is 0.281 e. The summed E-state index contributed by atoms with van der Waals surface area (Å²) in [7, 11) is -3.92. The van der Waals surface area contributed by atoms with E-state index >= 15 is 0 Å². The molecule has 0 bridgehead atoms. The van der Waals surface area contributed by atoms with Gasteiger partial charge in [-0.3, -0.25) is 0 Å². The van der Waals surface area contributed by atoms with E-state index in [1.54, 1.807) is 14.1 Å². The summed E-state index contributed by atoms with van der Waals surface area (Å²) in [5.74, 6) is 0.236. The van der Waals surface area contributed by atoms with Crippen molar-refractivity contribution in [3.63, 3.8) is 0 Å². The molecule has 2 aromatic rings. The molecule has 8 nitrogen and oxygen atoms in total. The van der Waals surface area contributed by atoms with Crippen LogP contribution >= 0.6 is 0 Å². The lowest BCUT2D eigenvalue weighted by Crippen LogP contribution is -2.51. The van der Waals surface area contributed by atoms with Gasteiger partial charge in [-0.1, -0.05) is 56.3 Å². The fourth-order valence-corrected chi connectivity index (χ4v) is 7.35. The van der Waals surface area contributed by atoms with Gasteiger partial charge in [-0.15, -0.1) is 0 Å². The molecule has 1 aliphatic heterocycles. The maximum atomic E-state index is 13.3. The van der Waals surface area contributed by atoms with Crippen molar-refractivity contribution < 1.29 is 16.8 Å². The number of piperazine rings is 1. The Morgan fingerprint density at radius 3 is 1.91 bits per heavy atom. The van der Waals surface area contributed by atoms with Gasteiger partial charge in [0, 0.05) is 52.0 Å². The molecule has 2 aromatic carbocycles. The molecule has 1 heterocycles. The molecule has 0 amide bonds. The second kappa shape index (κ2) is 11.4. The highest BCUT2D eigenvalue weighted by molar-refractivity contribution is 7.89. The van der Waals surface area contributed by atoms with Gasteiger partial charge < -0.3 is 4.90 Å². The van der Waals surface area contributed by atoms with Crippen molar-refractivity contribution >= 4 is 25.9 Å². The highest BCUT2D eigenvalue weighted by atomic mass is 32.2. The first kappa shape index (κ1) is 27.6. The second-order valence-corrected chi connectivity index (χ2v) is 13.7. The van der Waals surface area contributed by atoms with E-state index in [4.69, 9.17) is 0 Å². The standard InChI is InChI=1S/C25H38N4O4S2/c1-20(2)19-25(23-9-7-6-8-10-23)34(30,31)26-21(3)22-11-13-24(14-12-22)28-15-17-29(18-16-28)35(32,33)27(4)5/h6-14,20-21,25-26H,15-19H2,1-5H3/t21-,25?/m0/s1. The third-order valence-electron chi connectivity index (χ3n) is 6.36. The van der Waals surface area contributed by atoms with E-state index in [9.17, 15) is 16.8 Å². The van der Waals surface area contributed by atoms with Gasteiger partial charge in [0.25, 0.3) is 10.2 Å². The quantitative estimate of drug-likeness (QED) is 0.517. The van der Waals surface area contributed by atoms with Crippen molar-refractivity contribution in [3.05, 3.63) is 65.7 Å². The predicted octanol–water partition coefficient (Wildman–Crippen LogP) is 3.38. The first-order valence-corrected chi connectivity index (χ1v) is 14.9. The molecule has 3 rings (SSSR count). The molecular weight excluding hydrogens is 484 g/mol. The average Bonchev–Trinajstić information content (AvgIpc) is 2.82. The SMILES string of the molecule is CC(C)CC(c1ccccc1)S(=O)(=O)N[C@@H](C)c1ccc(N2CCN(S(=O)(=O)N(C)C)CC2)cc1. The minimum absolute atomic E-state index is 0.236. The van der Waals surface area contributed by atoms with Gasteiger partial charge in [-0.2, -0.15) is 17.0 Å². The number of rotatable bonds is 10. The summed E-state index contributed by atoms with van der Waals surface area (Å²) in [6.45, 7) is 7.97. The van der Waals surface area contributed by atoms with E-state index in [0.717, 1.165) is 16.8 Å². The third-order valence-corrected chi connectivity index (χ3v) is 10.2. The Morgan fingerprint density at radius 2 is 1.40 bits per heavy atom. The summed E-state index contributed by atoms with van der Waals surface area (Å²) >= 11 is 0. The second-order valence-electron chi connectivity index (χ2n) is 9.68. The Labute approximate surface area is 211 Å². The largest absolute Gasteiger partial charge is 0.369 e. The number of nitrogens with zero attached hydrogens (tertiary/aromatic N) is 3. The molecule has 1 unspecified atom stereocenters. The van der Waals surface area contributed by atoms with E-state index < -0.39 is 25.5 Å². The van der Waals surface area contributed by atoms with E-state index in [1.165, 1.54) is 8.61 Å². The first-order valence-electron chi connectivity index (χ1n) is 12.0. The Morgan fingerprint density at radius 1 is 0.829 bits per heavy atom. The van der Waals surface area contributed by atoms with Crippen molar-refractivity contribution in [1.82, 2.24) is 13.3 Å². The van der Waals surface area contributed by atoms with Gasteiger partial charge >= 0.3 is 0 Å². The van der Waals surface area contributed by atoms with Gasteiger partial charge in [-0.25, -0.2) is 13.1 Å². The lowest BCUT2D eigenvalue weighted by molar-refractivity contribution is 0.355. The van der Waals surface area contributed by atoms with Gasteiger partial charge in [0.2, 0.25) is 10.0 Å². The monoisotopic (exact) mass is 522 g/mol. The van der Waals surface area contributed by atoms with Crippen LogP contribution in [-0.2, 0) is 20.2 Å². The number of hydrogen-bond donors (Lipinski definition) is 1.